The third-order valence-electron chi connectivity index (χ3n) is 3.69. The Morgan fingerprint density at radius 2 is 1.81 bits per heavy atom. The molecule has 0 saturated heterocycles. The molecule has 138 valence electrons. The lowest BCUT2D eigenvalue weighted by Gasteiger charge is -2.09. The lowest BCUT2D eigenvalue weighted by Crippen LogP contribution is -2.05. The molecule has 0 aliphatic rings. The van der Waals surface area contributed by atoms with Crippen molar-refractivity contribution in [1.82, 2.24) is 9.97 Å². The molecule has 1 heterocycles. The van der Waals surface area contributed by atoms with Crippen molar-refractivity contribution in [2.45, 2.75) is 13.5 Å². The fourth-order valence-electron chi connectivity index (χ4n) is 2.35. The van der Waals surface area contributed by atoms with Gasteiger partial charge in [-0.2, -0.15) is 4.98 Å². The van der Waals surface area contributed by atoms with Gasteiger partial charge in [-0.05, 0) is 55.0 Å². The van der Waals surface area contributed by atoms with Crippen molar-refractivity contribution in [1.29, 1.82) is 0 Å². The molecule has 0 unspecified atom stereocenters. The van der Waals surface area contributed by atoms with E-state index in [1.54, 1.807) is 43.5 Å². The molecule has 6 nitrogen and oxygen atoms in total. The van der Waals surface area contributed by atoms with Crippen molar-refractivity contribution in [2.24, 2.45) is 0 Å². The molecule has 7 heteroatoms. The average molecular weight is 383 g/mol. The fraction of sp³-hybridized carbons (Fsp3) is 0.150. The smallest absolute Gasteiger partial charge is 0.338 e. The van der Waals surface area contributed by atoms with Crippen LogP contribution in [0.5, 0.6) is 0 Å². The predicted molar refractivity (Wildman–Crippen MR) is 106 cm³/mol. The molecule has 3 aromatic rings. The fourth-order valence-corrected chi connectivity index (χ4v) is 2.47. The number of hydrogen-bond donors (Lipinski definition) is 2. The van der Waals surface area contributed by atoms with Crippen LogP contribution >= 0.6 is 11.6 Å². The summed E-state index contributed by atoms with van der Waals surface area (Å²) in [4.78, 5) is 20.3. The minimum absolute atomic E-state index is 0.334. The van der Waals surface area contributed by atoms with Gasteiger partial charge in [0.2, 0.25) is 5.95 Å². The van der Waals surface area contributed by atoms with E-state index >= 15 is 0 Å². The van der Waals surface area contributed by atoms with E-state index in [2.05, 4.69) is 20.6 Å². The molecular weight excluding hydrogens is 364 g/mol. The first-order valence-corrected chi connectivity index (χ1v) is 8.87. The Morgan fingerprint density at radius 1 is 1.07 bits per heavy atom. The van der Waals surface area contributed by atoms with E-state index in [4.69, 9.17) is 16.3 Å². The largest absolute Gasteiger partial charge is 0.462 e. The van der Waals surface area contributed by atoms with Crippen molar-refractivity contribution in [3.63, 3.8) is 0 Å². The highest BCUT2D eigenvalue weighted by molar-refractivity contribution is 6.30. The van der Waals surface area contributed by atoms with Gasteiger partial charge < -0.3 is 15.4 Å². The van der Waals surface area contributed by atoms with Crippen LogP contribution in [-0.4, -0.2) is 22.5 Å². The lowest BCUT2D eigenvalue weighted by molar-refractivity contribution is 0.0526. The van der Waals surface area contributed by atoms with Crippen molar-refractivity contribution in [3.8, 4) is 0 Å². The Hall–Kier alpha value is -3.12. The zero-order chi connectivity index (χ0) is 19.1. The monoisotopic (exact) mass is 382 g/mol. The van der Waals surface area contributed by atoms with Crippen LogP contribution in [-0.2, 0) is 11.3 Å². The molecule has 27 heavy (non-hydrogen) atoms. The molecule has 0 bridgehead atoms. The molecule has 0 spiro atoms. The van der Waals surface area contributed by atoms with Crippen LogP contribution in [0.1, 0.15) is 22.8 Å². The second kappa shape index (κ2) is 9.00. The number of nitrogens with zero attached hydrogens (tertiary/aromatic N) is 2. The minimum Gasteiger partial charge on any atom is -0.462 e. The normalized spacial score (nSPS) is 10.3. The first-order chi connectivity index (χ1) is 13.1. The predicted octanol–water partition coefficient (Wildman–Crippen LogP) is 4.66. The molecule has 0 amide bonds. The van der Waals surface area contributed by atoms with E-state index in [0.717, 1.165) is 11.3 Å². The topological polar surface area (TPSA) is 76.1 Å². The van der Waals surface area contributed by atoms with E-state index in [1.807, 2.05) is 24.3 Å². The summed E-state index contributed by atoms with van der Waals surface area (Å²) >= 11 is 5.89. The molecule has 3 rings (SSSR count). The number of anilines is 3. The summed E-state index contributed by atoms with van der Waals surface area (Å²) in [6.07, 6.45) is 1.67. The van der Waals surface area contributed by atoms with Gasteiger partial charge in [0, 0.05) is 23.5 Å². The van der Waals surface area contributed by atoms with Crippen LogP contribution < -0.4 is 10.6 Å². The number of hydrogen-bond acceptors (Lipinski definition) is 6. The average Bonchev–Trinajstić information content (AvgIpc) is 2.69. The number of carbonyl (C=O) groups is 1. The summed E-state index contributed by atoms with van der Waals surface area (Å²) in [6, 6.07) is 16.4. The number of aromatic nitrogens is 2. The van der Waals surface area contributed by atoms with Gasteiger partial charge in [0.05, 0.1) is 12.2 Å². The molecule has 0 aliphatic heterocycles. The quantitative estimate of drug-likeness (QED) is 0.578. The molecule has 0 radical (unpaired) electrons. The van der Waals surface area contributed by atoms with Crippen LogP contribution in [0.4, 0.5) is 17.5 Å². The maximum atomic E-state index is 11.7. The van der Waals surface area contributed by atoms with Crippen LogP contribution in [0.25, 0.3) is 0 Å². The molecule has 2 N–H and O–H groups in total. The zero-order valence-corrected chi connectivity index (χ0v) is 15.5. The van der Waals surface area contributed by atoms with Crippen molar-refractivity contribution in [2.75, 3.05) is 17.2 Å². The first-order valence-electron chi connectivity index (χ1n) is 8.49. The van der Waals surface area contributed by atoms with Crippen LogP contribution in [0.15, 0.2) is 60.8 Å². The number of benzene rings is 2. The van der Waals surface area contributed by atoms with Gasteiger partial charge in [-0.1, -0.05) is 23.7 Å². The minimum atomic E-state index is -0.334. The Kier molecular flexibility index (Phi) is 6.22. The maximum absolute atomic E-state index is 11.7. The summed E-state index contributed by atoms with van der Waals surface area (Å²) in [5, 5.41) is 7.07. The number of rotatable bonds is 7. The summed E-state index contributed by atoms with van der Waals surface area (Å²) in [6.45, 7) is 2.72. The van der Waals surface area contributed by atoms with E-state index in [9.17, 15) is 4.79 Å². The van der Waals surface area contributed by atoms with Gasteiger partial charge in [0.15, 0.2) is 0 Å². The maximum Gasteiger partial charge on any atom is 0.338 e. The number of halogens is 1. The Morgan fingerprint density at radius 3 is 2.52 bits per heavy atom. The number of ether oxygens (including phenoxy) is 1. The SMILES string of the molecule is CCOC(=O)c1ccc(Nc2ccnc(NCc3ccc(Cl)cc3)n2)cc1. The van der Waals surface area contributed by atoms with Gasteiger partial charge in [-0.25, -0.2) is 9.78 Å². The summed E-state index contributed by atoms with van der Waals surface area (Å²) < 4.78 is 4.98. The summed E-state index contributed by atoms with van der Waals surface area (Å²) in [7, 11) is 0. The van der Waals surface area contributed by atoms with Gasteiger partial charge in [-0.15, -0.1) is 0 Å². The molecule has 0 aliphatic carbocycles. The first kappa shape index (κ1) is 18.7. The van der Waals surface area contributed by atoms with E-state index in [-0.39, 0.29) is 5.97 Å². The highest BCUT2D eigenvalue weighted by Crippen LogP contribution is 2.17. The Labute approximate surface area is 162 Å². The molecule has 1 aromatic heterocycles. The third kappa shape index (κ3) is 5.43. The molecule has 0 saturated carbocycles. The van der Waals surface area contributed by atoms with Crippen molar-refractivity contribution in [3.05, 3.63) is 76.9 Å². The van der Waals surface area contributed by atoms with Gasteiger partial charge in [0.25, 0.3) is 0 Å². The standard InChI is InChI=1S/C20H19ClN4O2/c1-2-27-19(26)15-5-9-17(10-6-15)24-18-11-12-22-20(25-18)23-13-14-3-7-16(21)8-4-14/h3-12H,2,13H2,1H3,(H2,22,23,24,25). The molecular formula is C20H19ClN4O2. The van der Waals surface area contributed by atoms with E-state index in [0.29, 0.717) is 35.5 Å². The third-order valence-corrected chi connectivity index (χ3v) is 3.94. The van der Waals surface area contributed by atoms with Crippen LogP contribution in [0, 0.1) is 0 Å². The second-order valence-electron chi connectivity index (χ2n) is 5.67. The van der Waals surface area contributed by atoms with Gasteiger partial charge in [0.1, 0.15) is 5.82 Å². The number of esters is 1. The second-order valence-corrected chi connectivity index (χ2v) is 6.10. The zero-order valence-electron chi connectivity index (χ0n) is 14.8. The van der Waals surface area contributed by atoms with Crippen molar-refractivity contribution >= 4 is 35.0 Å². The van der Waals surface area contributed by atoms with Crippen LogP contribution in [0.3, 0.4) is 0 Å². The molecule has 2 aromatic carbocycles. The summed E-state index contributed by atoms with van der Waals surface area (Å²) in [5.41, 5.74) is 2.40. The summed E-state index contributed by atoms with van der Waals surface area (Å²) in [5.74, 6) is 0.824. The lowest BCUT2D eigenvalue weighted by atomic mass is 10.2. The van der Waals surface area contributed by atoms with Crippen molar-refractivity contribution < 1.29 is 9.53 Å². The van der Waals surface area contributed by atoms with E-state index < -0.39 is 0 Å². The van der Waals surface area contributed by atoms with Gasteiger partial charge in [-0.3, -0.25) is 0 Å². The Bertz CT molecular complexity index is 899. The highest BCUT2D eigenvalue weighted by Gasteiger charge is 2.06. The van der Waals surface area contributed by atoms with Gasteiger partial charge >= 0.3 is 5.97 Å². The molecule has 0 atom stereocenters. The molecule has 0 fully saturated rings. The number of nitrogens with one attached hydrogen (secondary N) is 2. The van der Waals surface area contributed by atoms with E-state index in [1.165, 1.54) is 0 Å². The Balaban J connectivity index is 1.61. The van der Waals surface area contributed by atoms with Crippen LogP contribution in [0.2, 0.25) is 5.02 Å². The highest BCUT2D eigenvalue weighted by atomic mass is 35.5. The number of carbonyl (C=O) groups excluding carboxylic acids is 1.